The van der Waals surface area contributed by atoms with E-state index in [9.17, 15) is 13.2 Å². The number of sulfonamides is 1. The van der Waals surface area contributed by atoms with E-state index in [1.54, 1.807) is 36.3 Å². The average Bonchev–Trinajstić information content (AvgIpc) is 2.77. The Labute approximate surface area is 178 Å². The van der Waals surface area contributed by atoms with Gasteiger partial charge in [-0.2, -0.15) is 0 Å². The molecule has 1 aliphatic rings. The van der Waals surface area contributed by atoms with Crippen LogP contribution in [0.5, 0.6) is 5.75 Å². The molecular formula is C22H29N3O4S. The molecule has 1 atom stereocenters. The van der Waals surface area contributed by atoms with Crippen LogP contribution in [-0.2, 0) is 14.8 Å². The van der Waals surface area contributed by atoms with Crippen molar-refractivity contribution >= 4 is 27.3 Å². The number of anilines is 2. The first-order chi connectivity index (χ1) is 14.3. The number of para-hydroxylation sites is 1. The summed E-state index contributed by atoms with van der Waals surface area (Å²) in [5, 5.41) is 0. The topological polar surface area (TPSA) is 70.2 Å². The first-order valence-electron chi connectivity index (χ1n) is 10.1. The summed E-state index contributed by atoms with van der Waals surface area (Å²) >= 11 is 0. The molecule has 1 heterocycles. The Hall–Kier alpha value is -2.74. The number of ether oxygens (including phenoxy) is 1. The molecule has 1 aliphatic heterocycles. The molecule has 0 spiro atoms. The quantitative estimate of drug-likeness (QED) is 0.674. The number of rotatable bonds is 7. The van der Waals surface area contributed by atoms with Crippen molar-refractivity contribution in [2.75, 3.05) is 48.7 Å². The fourth-order valence-electron chi connectivity index (χ4n) is 3.81. The molecule has 1 unspecified atom stereocenters. The maximum absolute atomic E-state index is 13.3. The third kappa shape index (κ3) is 4.87. The lowest BCUT2D eigenvalue weighted by Gasteiger charge is -2.39. The molecule has 1 saturated heterocycles. The van der Waals surface area contributed by atoms with Crippen LogP contribution in [0.2, 0.25) is 0 Å². The molecule has 0 aromatic heterocycles. The molecule has 1 fully saturated rings. The van der Waals surface area contributed by atoms with Crippen LogP contribution in [0, 0.1) is 0 Å². The van der Waals surface area contributed by atoms with Gasteiger partial charge in [-0.1, -0.05) is 25.1 Å². The monoisotopic (exact) mass is 431 g/mol. The van der Waals surface area contributed by atoms with Gasteiger partial charge >= 0.3 is 0 Å². The average molecular weight is 432 g/mol. The summed E-state index contributed by atoms with van der Waals surface area (Å²) in [5.74, 6) is 0.654. The number of carbonyl (C=O) groups is 1. The van der Waals surface area contributed by atoms with Crippen molar-refractivity contribution in [1.29, 1.82) is 0 Å². The molecule has 0 N–H and O–H groups in total. The Balaban J connectivity index is 1.73. The SMILES string of the molecule is CCC(C(=O)N1CCN(c2ccc(OC)cc2)CC1)N(c1ccccc1)S(C)(=O)=O. The van der Waals surface area contributed by atoms with E-state index in [1.165, 1.54) is 4.31 Å². The molecule has 0 saturated carbocycles. The zero-order chi connectivity index (χ0) is 21.7. The van der Waals surface area contributed by atoms with E-state index in [4.69, 9.17) is 4.74 Å². The zero-order valence-corrected chi connectivity index (χ0v) is 18.5. The van der Waals surface area contributed by atoms with Crippen LogP contribution < -0.4 is 13.9 Å². The van der Waals surface area contributed by atoms with Crippen molar-refractivity contribution in [2.24, 2.45) is 0 Å². The zero-order valence-electron chi connectivity index (χ0n) is 17.7. The van der Waals surface area contributed by atoms with Gasteiger partial charge in [0.1, 0.15) is 11.8 Å². The summed E-state index contributed by atoms with van der Waals surface area (Å²) < 4.78 is 31.6. The number of carbonyl (C=O) groups excluding carboxylic acids is 1. The Bertz CT molecular complexity index is 940. The van der Waals surface area contributed by atoms with Crippen LogP contribution >= 0.6 is 0 Å². The third-order valence-electron chi connectivity index (χ3n) is 5.35. The number of hydrogen-bond acceptors (Lipinski definition) is 5. The smallest absolute Gasteiger partial charge is 0.246 e. The maximum Gasteiger partial charge on any atom is 0.246 e. The van der Waals surface area contributed by atoms with Crippen LogP contribution in [0.15, 0.2) is 54.6 Å². The molecule has 7 nitrogen and oxygen atoms in total. The highest BCUT2D eigenvalue weighted by molar-refractivity contribution is 7.92. The molecule has 2 aromatic carbocycles. The molecule has 162 valence electrons. The predicted molar refractivity (Wildman–Crippen MR) is 120 cm³/mol. The number of nitrogens with zero attached hydrogens (tertiary/aromatic N) is 3. The molecule has 30 heavy (non-hydrogen) atoms. The van der Waals surface area contributed by atoms with Gasteiger partial charge in [-0.15, -0.1) is 0 Å². The summed E-state index contributed by atoms with van der Waals surface area (Å²) in [6.45, 7) is 4.33. The highest BCUT2D eigenvalue weighted by atomic mass is 32.2. The highest BCUT2D eigenvalue weighted by Crippen LogP contribution is 2.25. The van der Waals surface area contributed by atoms with Gasteiger partial charge in [-0.05, 0) is 42.8 Å². The van der Waals surface area contributed by atoms with Crippen molar-refractivity contribution in [3.8, 4) is 5.75 Å². The molecule has 0 radical (unpaired) electrons. The fraction of sp³-hybridized carbons (Fsp3) is 0.409. The van der Waals surface area contributed by atoms with Gasteiger partial charge in [0.25, 0.3) is 0 Å². The number of amides is 1. The minimum Gasteiger partial charge on any atom is -0.497 e. The largest absolute Gasteiger partial charge is 0.497 e. The van der Waals surface area contributed by atoms with E-state index in [0.29, 0.717) is 38.3 Å². The number of hydrogen-bond donors (Lipinski definition) is 0. The first kappa shape index (κ1) is 22.0. The van der Waals surface area contributed by atoms with E-state index < -0.39 is 16.1 Å². The fourth-order valence-corrected chi connectivity index (χ4v) is 5.01. The van der Waals surface area contributed by atoms with E-state index >= 15 is 0 Å². The second kappa shape index (κ2) is 9.38. The molecule has 0 bridgehead atoms. The highest BCUT2D eigenvalue weighted by Gasteiger charge is 2.35. The maximum atomic E-state index is 13.3. The van der Waals surface area contributed by atoms with E-state index in [0.717, 1.165) is 17.7 Å². The normalized spacial score (nSPS) is 15.6. The van der Waals surface area contributed by atoms with Crippen LogP contribution in [0.1, 0.15) is 13.3 Å². The van der Waals surface area contributed by atoms with Crippen molar-refractivity contribution in [3.63, 3.8) is 0 Å². The van der Waals surface area contributed by atoms with Gasteiger partial charge in [-0.3, -0.25) is 9.10 Å². The molecule has 3 rings (SSSR count). The number of methoxy groups -OCH3 is 1. The van der Waals surface area contributed by atoms with Crippen LogP contribution in [0.3, 0.4) is 0 Å². The van der Waals surface area contributed by atoms with Gasteiger partial charge in [0, 0.05) is 31.9 Å². The Morgan fingerprint density at radius 1 is 1.03 bits per heavy atom. The van der Waals surface area contributed by atoms with Crippen molar-refractivity contribution < 1.29 is 17.9 Å². The molecule has 2 aromatic rings. The summed E-state index contributed by atoms with van der Waals surface area (Å²) in [4.78, 5) is 17.3. The Morgan fingerprint density at radius 3 is 2.13 bits per heavy atom. The lowest BCUT2D eigenvalue weighted by Crippen LogP contribution is -2.56. The summed E-state index contributed by atoms with van der Waals surface area (Å²) in [5.41, 5.74) is 1.59. The van der Waals surface area contributed by atoms with Crippen LogP contribution in [-0.4, -0.2) is 64.8 Å². The van der Waals surface area contributed by atoms with Crippen molar-refractivity contribution in [2.45, 2.75) is 19.4 Å². The lowest BCUT2D eigenvalue weighted by atomic mass is 10.1. The van der Waals surface area contributed by atoms with Crippen molar-refractivity contribution in [3.05, 3.63) is 54.6 Å². The summed E-state index contributed by atoms with van der Waals surface area (Å²) in [7, 11) is -1.97. The van der Waals surface area contributed by atoms with Crippen molar-refractivity contribution in [1.82, 2.24) is 4.90 Å². The number of piperazine rings is 1. The second-order valence-corrected chi connectivity index (χ2v) is 9.19. The van der Waals surface area contributed by atoms with Crippen LogP contribution in [0.4, 0.5) is 11.4 Å². The van der Waals surface area contributed by atoms with Gasteiger partial charge in [0.05, 0.1) is 19.1 Å². The predicted octanol–water partition coefficient (Wildman–Crippen LogP) is 2.59. The summed E-state index contributed by atoms with van der Waals surface area (Å²) in [6.07, 6.45) is 1.55. The Kier molecular flexibility index (Phi) is 6.87. The number of benzene rings is 2. The molecule has 0 aliphatic carbocycles. The van der Waals surface area contributed by atoms with Gasteiger partial charge in [0.2, 0.25) is 15.9 Å². The van der Waals surface area contributed by atoms with E-state index in [1.807, 2.05) is 37.3 Å². The summed E-state index contributed by atoms with van der Waals surface area (Å²) in [6, 6.07) is 15.9. The van der Waals surface area contributed by atoms with Gasteiger partial charge in [-0.25, -0.2) is 8.42 Å². The molecule has 8 heteroatoms. The molecule has 1 amide bonds. The van der Waals surface area contributed by atoms with E-state index in [-0.39, 0.29) is 5.91 Å². The second-order valence-electron chi connectivity index (χ2n) is 7.33. The van der Waals surface area contributed by atoms with E-state index in [2.05, 4.69) is 4.90 Å². The Morgan fingerprint density at radius 2 is 1.63 bits per heavy atom. The van der Waals surface area contributed by atoms with Crippen LogP contribution in [0.25, 0.3) is 0 Å². The standard InChI is InChI=1S/C22H29N3O4S/c1-4-21(25(30(3,27)28)19-8-6-5-7-9-19)22(26)24-16-14-23(15-17-24)18-10-12-20(29-2)13-11-18/h5-13,21H,4,14-17H2,1-3H3. The third-order valence-corrected chi connectivity index (χ3v) is 6.53. The lowest BCUT2D eigenvalue weighted by molar-refractivity contribution is -0.132. The minimum absolute atomic E-state index is 0.152. The molecular weight excluding hydrogens is 402 g/mol. The first-order valence-corrected chi connectivity index (χ1v) is 11.9. The van der Waals surface area contributed by atoms with Gasteiger partial charge < -0.3 is 14.5 Å². The minimum atomic E-state index is -3.61. The van der Waals surface area contributed by atoms with Gasteiger partial charge in [0.15, 0.2) is 0 Å².